The van der Waals surface area contributed by atoms with Crippen LogP contribution in [0, 0.1) is 33.6 Å². The number of aromatic nitrogens is 2. The summed E-state index contributed by atoms with van der Waals surface area (Å²) in [5, 5.41) is 0.960. The number of benzene rings is 2. The van der Waals surface area contributed by atoms with E-state index in [2.05, 4.69) is 45.2 Å². The van der Waals surface area contributed by atoms with E-state index < -0.39 is 10.0 Å². The molecular formula is C25H32N4O2S2. The summed E-state index contributed by atoms with van der Waals surface area (Å²) in [5.41, 5.74) is 5.14. The van der Waals surface area contributed by atoms with Crippen molar-refractivity contribution in [3.8, 4) is 0 Å². The zero-order valence-electron chi connectivity index (χ0n) is 19.8. The summed E-state index contributed by atoms with van der Waals surface area (Å²) in [7, 11) is -3.52. The maximum absolute atomic E-state index is 12.9. The molecule has 2 aromatic carbocycles. The largest absolute Gasteiger partial charge is 0.347 e. The Labute approximate surface area is 201 Å². The van der Waals surface area contributed by atoms with Crippen molar-refractivity contribution in [1.82, 2.24) is 14.1 Å². The summed E-state index contributed by atoms with van der Waals surface area (Å²) in [6.45, 7) is 10.0. The van der Waals surface area contributed by atoms with Crippen molar-refractivity contribution in [3.63, 3.8) is 0 Å². The van der Waals surface area contributed by atoms with Gasteiger partial charge in [0.25, 0.3) is 0 Å². The zero-order chi connectivity index (χ0) is 23.6. The molecule has 6 nitrogen and oxygen atoms in total. The predicted molar refractivity (Wildman–Crippen MR) is 135 cm³/mol. The monoisotopic (exact) mass is 484 g/mol. The predicted octanol–water partition coefficient (Wildman–Crippen LogP) is 4.56. The highest BCUT2D eigenvalue weighted by Gasteiger charge is 2.25. The Hall–Kier alpha value is -2.29. The van der Waals surface area contributed by atoms with Gasteiger partial charge < -0.3 is 4.90 Å². The number of aryl methyl sites for hydroxylation is 4. The van der Waals surface area contributed by atoms with Gasteiger partial charge in [-0.3, -0.25) is 0 Å². The first-order chi connectivity index (χ1) is 15.7. The lowest BCUT2D eigenvalue weighted by molar-refractivity contribution is 0.401. The van der Waals surface area contributed by atoms with Crippen LogP contribution in [0.2, 0.25) is 0 Å². The Balaban J connectivity index is 1.31. The van der Waals surface area contributed by atoms with E-state index in [1.54, 1.807) is 0 Å². The summed E-state index contributed by atoms with van der Waals surface area (Å²) in [5.74, 6) is 1.18. The molecule has 1 aliphatic heterocycles. The highest BCUT2D eigenvalue weighted by atomic mass is 32.2. The minimum Gasteiger partial charge on any atom is -0.347 e. The Morgan fingerprint density at radius 1 is 1.00 bits per heavy atom. The van der Waals surface area contributed by atoms with Crippen LogP contribution in [-0.4, -0.2) is 37.4 Å². The van der Waals surface area contributed by atoms with E-state index >= 15 is 0 Å². The summed E-state index contributed by atoms with van der Waals surface area (Å²) in [6.07, 6.45) is 2.61. The molecule has 1 N–H and O–H groups in total. The van der Waals surface area contributed by atoms with Crippen molar-refractivity contribution in [1.29, 1.82) is 0 Å². The zero-order valence-corrected chi connectivity index (χ0v) is 21.4. The lowest BCUT2D eigenvalue weighted by atomic mass is 9.97. The quantitative estimate of drug-likeness (QED) is 0.532. The van der Waals surface area contributed by atoms with Gasteiger partial charge in [-0.25, -0.2) is 18.1 Å². The Morgan fingerprint density at radius 3 is 2.27 bits per heavy atom. The summed E-state index contributed by atoms with van der Waals surface area (Å²) >= 11 is 1.45. The normalized spacial score (nSPS) is 15.2. The summed E-state index contributed by atoms with van der Waals surface area (Å²) in [4.78, 5) is 7.44. The minimum atomic E-state index is -3.52. The second-order valence-electron chi connectivity index (χ2n) is 9.17. The molecule has 0 atom stereocenters. The average molecular weight is 485 g/mol. The molecule has 0 spiro atoms. The third-order valence-electron chi connectivity index (χ3n) is 6.26. The number of sulfonamides is 1. The van der Waals surface area contributed by atoms with Crippen molar-refractivity contribution in [2.75, 3.05) is 24.5 Å². The Kier molecular flexibility index (Phi) is 7.16. The summed E-state index contributed by atoms with van der Waals surface area (Å²) in [6, 6.07) is 12.3. The van der Waals surface area contributed by atoms with Crippen molar-refractivity contribution in [3.05, 3.63) is 70.0 Å². The van der Waals surface area contributed by atoms with Gasteiger partial charge >= 0.3 is 0 Å². The summed E-state index contributed by atoms with van der Waals surface area (Å²) < 4.78 is 33.3. The third kappa shape index (κ3) is 5.80. The van der Waals surface area contributed by atoms with E-state index in [9.17, 15) is 8.42 Å². The number of hydrogen-bond donors (Lipinski definition) is 1. The van der Waals surface area contributed by atoms with Gasteiger partial charge in [0.1, 0.15) is 5.82 Å². The van der Waals surface area contributed by atoms with E-state index in [1.807, 2.05) is 32.9 Å². The van der Waals surface area contributed by atoms with Crippen LogP contribution in [0.5, 0.6) is 0 Å². The molecule has 1 aromatic heterocycles. The molecular weight excluding hydrogens is 452 g/mol. The lowest BCUT2D eigenvalue weighted by Gasteiger charge is -2.31. The van der Waals surface area contributed by atoms with Crippen molar-refractivity contribution in [2.24, 2.45) is 5.92 Å². The van der Waals surface area contributed by atoms with Crippen molar-refractivity contribution >= 4 is 26.7 Å². The van der Waals surface area contributed by atoms with Gasteiger partial charge in [-0.05, 0) is 63.1 Å². The van der Waals surface area contributed by atoms with E-state index in [0.717, 1.165) is 60.0 Å². The highest BCUT2D eigenvalue weighted by Crippen LogP contribution is 2.26. The van der Waals surface area contributed by atoms with E-state index in [-0.39, 0.29) is 0 Å². The van der Waals surface area contributed by atoms with Crippen molar-refractivity contribution in [2.45, 2.75) is 51.9 Å². The van der Waals surface area contributed by atoms with Gasteiger partial charge in [-0.2, -0.15) is 4.37 Å². The van der Waals surface area contributed by atoms with Crippen LogP contribution in [0.15, 0.2) is 41.3 Å². The molecule has 2 heterocycles. The molecule has 1 fully saturated rings. The van der Waals surface area contributed by atoms with Gasteiger partial charge in [-0.15, -0.1) is 0 Å². The first-order valence-corrected chi connectivity index (χ1v) is 13.7. The van der Waals surface area contributed by atoms with Gasteiger partial charge in [0.2, 0.25) is 15.2 Å². The fourth-order valence-corrected chi connectivity index (χ4v) is 6.85. The number of anilines is 1. The molecule has 176 valence electrons. The van der Waals surface area contributed by atoms with Crippen LogP contribution in [0.4, 0.5) is 5.13 Å². The van der Waals surface area contributed by atoms with Crippen LogP contribution < -0.4 is 9.62 Å². The number of rotatable bonds is 7. The van der Waals surface area contributed by atoms with E-state index in [4.69, 9.17) is 4.98 Å². The minimum absolute atomic E-state index is 0.321. The molecule has 0 unspecified atom stereocenters. The number of nitrogens with zero attached hydrogens (tertiary/aromatic N) is 3. The van der Waals surface area contributed by atoms with Crippen LogP contribution in [0.3, 0.4) is 0 Å². The average Bonchev–Trinajstić information content (AvgIpc) is 3.22. The molecule has 0 amide bonds. The first kappa shape index (κ1) is 23.9. The molecule has 0 bridgehead atoms. The molecule has 0 aliphatic carbocycles. The van der Waals surface area contributed by atoms with Gasteiger partial charge in [0.15, 0.2) is 0 Å². The van der Waals surface area contributed by atoms with Crippen LogP contribution in [0.25, 0.3) is 0 Å². The first-order valence-electron chi connectivity index (χ1n) is 11.4. The van der Waals surface area contributed by atoms with E-state index in [1.165, 1.54) is 22.7 Å². The topological polar surface area (TPSA) is 75.2 Å². The highest BCUT2D eigenvalue weighted by molar-refractivity contribution is 7.89. The molecule has 0 saturated carbocycles. The van der Waals surface area contributed by atoms with Gasteiger partial charge in [0.05, 0.1) is 4.90 Å². The SMILES string of the molecule is Cc1ccc(Cc2nsc(N3CCC(CNS(=O)(=O)c4c(C)cc(C)cc4C)CC3)n2)cc1. The fourth-order valence-electron chi connectivity index (χ4n) is 4.55. The van der Waals surface area contributed by atoms with E-state index in [0.29, 0.717) is 17.4 Å². The van der Waals surface area contributed by atoms with Crippen LogP contribution >= 0.6 is 11.5 Å². The standard InChI is InChI=1S/C25H32N4O2S2/c1-17-5-7-21(8-6-17)15-23-27-25(32-28-23)29-11-9-22(10-12-29)16-26-33(30,31)24-19(3)13-18(2)14-20(24)4/h5-8,13-14,22,26H,9-12,15-16H2,1-4H3. The van der Waals surface area contributed by atoms with Gasteiger partial charge in [0, 0.05) is 37.6 Å². The number of nitrogens with one attached hydrogen (secondary N) is 1. The molecule has 0 radical (unpaired) electrons. The lowest BCUT2D eigenvalue weighted by Crippen LogP contribution is -2.38. The molecule has 3 aromatic rings. The second-order valence-corrected chi connectivity index (χ2v) is 11.6. The number of hydrogen-bond acceptors (Lipinski definition) is 6. The number of piperidine rings is 1. The second kappa shape index (κ2) is 9.91. The third-order valence-corrected chi connectivity index (χ3v) is 8.80. The van der Waals surface area contributed by atoms with Gasteiger partial charge in [-0.1, -0.05) is 47.5 Å². The molecule has 33 heavy (non-hydrogen) atoms. The molecule has 1 aliphatic rings. The Bertz CT molecular complexity index is 1190. The van der Waals surface area contributed by atoms with Crippen molar-refractivity contribution < 1.29 is 8.42 Å². The molecule has 4 rings (SSSR count). The maximum atomic E-state index is 12.9. The van der Waals surface area contributed by atoms with Crippen LogP contribution in [-0.2, 0) is 16.4 Å². The fraction of sp³-hybridized carbons (Fsp3) is 0.440. The molecule has 1 saturated heterocycles. The smallest absolute Gasteiger partial charge is 0.241 e. The molecule has 8 heteroatoms. The Morgan fingerprint density at radius 2 is 1.64 bits per heavy atom. The maximum Gasteiger partial charge on any atom is 0.241 e. The van der Waals surface area contributed by atoms with Crippen LogP contribution in [0.1, 0.15) is 46.5 Å².